The van der Waals surface area contributed by atoms with E-state index in [9.17, 15) is 29.8 Å². The molecule has 32 heavy (non-hydrogen) atoms. The van der Waals surface area contributed by atoms with Crippen molar-refractivity contribution in [1.82, 2.24) is 10.6 Å². The van der Waals surface area contributed by atoms with Crippen molar-refractivity contribution in [2.24, 2.45) is 0 Å². The van der Waals surface area contributed by atoms with Crippen LogP contribution in [0.3, 0.4) is 0 Å². The van der Waals surface area contributed by atoms with Crippen molar-refractivity contribution < 1.29 is 24.2 Å². The summed E-state index contributed by atoms with van der Waals surface area (Å²) in [6.07, 6.45) is 0.659. The molecule has 0 heterocycles. The molecule has 2 aromatic rings. The molecule has 13 heteroatoms. The summed E-state index contributed by atoms with van der Waals surface area (Å²) in [4.78, 5) is 44.8. The van der Waals surface area contributed by atoms with Gasteiger partial charge in [0.25, 0.3) is 23.2 Å². The Bertz CT molecular complexity index is 1030. The topological polar surface area (TPSA) is 166 Å². The molecule has 2 amide bonds. The number of nitro groups is 2. The highest BCUT2D eigenvalue weighted by Crippen LogP contribution is 2.22. The minimum atomic E-state index is -0.874. The second-order valence-corrected chi connectivity index (χ2v) is 6.75. The number of carbonyl (C=O) groups is 2. The molecule has 0 fully saturated rings. The van der Waals surface area contributed by atoms with Crippen LogP contribution in [0, 0.1) is 20.2 Å². The van der Waals surface area contributed by atoms with Crippen molar-refractivity contribution in [2.45, 2.75) is 6.42 Å². The molecule has 0 spiro atoms. The second-order valence-electron chi connectivity index (χ2n) is 6.34. The SMILES string of the molecule is COCCCNC(=O)c1cccc(NC(=S)NC(=O)c2cc([N+](=O)[O-])cc([N+](=O)[O-])c2)c1. The van der Waals surface area contributed by atoms with E-state index in [1.807, 2.05) is 0 Å². The van der Waals surface area contributed by atoms with Crippen molar-refractivity contribution >= 4 is 46.2 Å². The monoisotopic (exact) mass is 461 g/mol. The van der Waals surface area contributed by atoms with E-state index < -0.39 is 27.1 Å². The highest BCUT2D eigenvalue weighted by molar-refractivity contribution is 7.80. The molecular formula is C19H19N5O7S. The molecule has 0 radical (unpaired) electrons. The molecule has 168 valence electrons. The summed E-state index contributed by atoms with van der Waals surface area (Å²) in [5, 5.41) is 29.5. The fourth-order valence-electron chi connectivity index (χ4n) is 2.53. The molecule has 0 aliphatic heterocycles. The summed E-state index contributed by atoms with van der Waals surface area (Å²) in [5.41, 5.74) is -0.750. The summed E-state index contributed by atoms with van der Waals surface area (Å²) in [7, 11) is 1.57. The average molecular weight is 461 g/mol. The Labute approximate surface area is 187 Å². The average Bonchev–Trinajstić information content (AvgIpc) is 2.76. The van der Waals surface area contributed by atoms with Crippen LogP contribution in [0.25, 0.3) is 0 Å². The number of hydrogen-bond donors (Lipinski definition) is 3. The minimum absolute atomic E-state index is 0.165. The van der Waals surface area contributed by atoms with Crippen LogP contribution in [0.2, 0.25) is 0 Å². The number of rotatable bonds is 9. The summed E-state index contributed by atoms with van der Waals surface area (Å²) < 4.78 is 4.92. The Morgan fingerprint density at radius 3 is 2.25 bits per heavy atom. The number of carbonyl (C=O) groups excluding carboxylic acids is 2. The fraction of sp³-hybridized carbons (Fsp3) is 0.211. The van der Waals surface area contributed by atoms with E-state index in [0.717, 1.165) is 18.2 Å². The molecule has 2 rings (SSSR count). The lowest BCUT2D eigenvalue weighted by atomic mass is 10.1. The molecule has 0 unspecified atom stereocenters. The molecule has 0 aromatic heterocycles. The van der Waals surface area contributed by atoms with Gasteiger partial charge in [-0.3, -0.25) is 35.1 Å². The zero-order valence-electron chi connectivity index (χ0n) is 16.8. The Hall–Kier alpha value is -3.97. The van der Waals surface area contributed by atoms with Crippen LogP contribution < -0.4 is 16.0 Å². The first-order valence-electron chi connectivity index (χ1n) is 9.14. The number of anilines is 1. The lowest BCUT2D eigenvalue weighted by Gasteiger charge is -2.11. The number of ether oxygens (including phenoxy) is 1. The van der Waals surface area contributed by atoms with Crippen LogP contribution in [-0.2, 0) is 4.74 Å². The van der Waals surface area contributed by atoms with Gasteiger partial charge in [-0.05, 0) is 36.8 Å². The summed E-state index contributed by atoms with van der Waals surface area (Å²) in [6.45, 7) is 0.956. The lowest BCUT2D eigenvalue weighted by molar-refractivity contribution is -0.394. The van der Waals surface area contributed by atoms with E-state index >= 15 is 0 Å². The highest BCUT2D eigenvalue weighted by Gasteiger charge is 2.20. The van der Waals surface area contributed by atoms with Gasteiger partial charge in [0.15, 0.2) is 5.11 Å². The summed E-state index contributed by atoms with van der Waals surface area (Å²) in [6, 6.07) is 8.89. The second kappa shape index (κ2) is 11.4. The number of methoxy groups -OCH3 is 1. The van der Waals surface area contributed by atoms with Crippen LogP contribution in [-0.4, -0.2) is 47.0 Å². The molecule has 2 aromatic carbocycles. The maximum atomic E-state index is 12.4. The zero-order chi connectivity index (χ0) is 23.7. The molecular weight excluding hydrogens is 442 g/mol. The largest absolute Gasteiger partial charge is 0.385 e. The molecule has 0 atom stereocenters. The number of hydrogen-bond acceptors (Lipinski definition) is 8. The molecule has 0 bridgehead atoms. The Morgan fingerprint density at radius 2 is 1.66 bits per heavy atom. The number of non-ortho nitro benzene ring substituents is 2. The van der Waals surface area contributed by atoms with Gasteiger partial charge in [0.1, 0.15) is 0 Å². The van der Waals surface area contributed by atoms with Crippen molar-refractivity contribution in [3.8, 4) is 0 Å². The van der Waals surface area contributed by atoms with E-state index in [1.165, 1.54) is 6.07 Å². The molecule has 0 saturated carbocycles. The van der Waals surface area contributed by atoms with Crippen LogP contribution in [0.1, 0.15) is 27.1 Å². The normalized spacial score (nSPS) is 10.2. The summed E-state index contributed by atoms with van der Waals surface area (Å²) in [5.74, 6) is -1.18. The minimum Gasteiger partial charge on any atom is -0.385 e. The Balaban J connectivity index is 2.05. The number of nitrogens with zero attached hydrogens (tertiary/aromatic N) is 2. The number of thiocarbonyl (C=S) groups is 1. The van der Waals surface area contributed by atoms with Crippen LogP contribution in [0.5, 0.6) is 0 Å². The van der Waals surface area contributed by atoms with Gasteiger partial charge >= 0.3 is 0 Å². The first kappa shape index (κ1) is 24.3. The van der Waals surface area contributed by atoms with Gasteiger partial charge in [0, 0.05) is 43.6 Å². The van der Waals surface area contributed by atoms with E-state index in [1.54, 1.807) is 25.3 Å². The molecule has 0 aliphatic carbocycles. The van der Waals surface area contributed by atoms with Gasteiger partial charge in [-0.15, -0.1) is 0 Å². The van der Waals surface area contributed by atoms with Crippen LogP contribution >= 0.6 is 12.2 Å². The predicted octanol–water partition coefficient (Wildman–Crippen LogP) is 2.40. The summed E-state index contributed by atoms with van der Waals surface area (Å²) >= 11 is 5.06. The number of nitro benzene ring substituents is 2. The fourth-order valence-corrected chi connectivity index (χ4v) is 2.74. The third-order valence-corrected chi connectivity index (χ3v) is 4.21. The molecule has 12 nitrogen and oxygen atoms in total. The van der Waals surface area contributed by atoms with Gasteiger partial charge in [-0.2, -0.15) is 0 Å². The van der Waals surface area contributed by atoms with Gasteiger partial charge in [0.05, 0.1) is 21.5 Å². The van der Waals surface area contributed by atoms with Crippen molar-refractivity contribution in [3.63, 3.8) is 0 Å². The van der Waals surface area contributed by atoms with Crippen molar-refractivity contribution in [1.29, 1.82) is 0 Å². The zero-order valence-corrected chi connectivity index (χ0v) is 17.6. The van der Waals surface area contributed by atoms with Crippen LogP contribution in [0.15, 0.2) is 42.5 Å². The number of nitrogens with one attached hydrogen (secondary N) is 3. The standard InChI is InChI=1S/C19H19N5O7S/c1-31-7-3-6-20-17(25)12-4-2-5-14(8-12)21-19(32)22-18(26)13-9-15(23(27)28)11-16(10-13)24(29)30/h2,4-5,8-11H,3,6-7H2,1H3,(H,20,25)(H2,21,22,26,32). The maximum absolute atomic E-state index is 12.4. The Morgan fingerprint density at radius 1 is 1.00 bits per heavy atom. The quantitative estimate of drug-likeness (QED) is 0.220. The molecule has 0 saturated heterocycles. The van der Waals surface area contributed by atoms with Crippen molar-refractivity contribution in [3.05, 3.63) is 73.8 Å². The van der Waals surface area contributed by atoms with Crippen LogP contribution in [0.4, 0.5) is 17.1 Å². The van der Waals surface area contributed by atoms with E-state index in [0.29, 0.717) is 30.8 Å². The molecule has 3 N–H and O–H groups in total. The van der Waals surface area contributed by atoms with E-state index in [4.69, 9.17) is 17.0 Å². The number of amides is 2. The number of benzene rings is 2. The predicted molar refractivity (Wildman–Crippen MR) is 119 cm³/mol. The first-order valence-corrected chi connectivity index (χ1v) is 9.55. The van der Waals surface area contributed by atoms with Crippen molar-refractivity contribution in [2.75, 3.05) is 25.6 Å². The third-order valence-electron chi connectivity index (χ3n) is 4.01. The third kappa shape index (κ3) is 7.07. The van der Waals surface area contributed by atoms with Gasteiger partial charge in [-0.1, -0.05) is 6.07 Å². The maximum Gasteiger partial charge on any atom is 0.277 e. The first-order chi connectivity index (χ1) is 15.2. The highest BCUT2D eigenvalue weighted by atomic mass is 32.1. The lowest BCUT2D eigenvalue weighted by Crippen LogP contribution is -2.34. The van der Waals surface area contributed by atoms with Gasteiger partial charge < -0.3 is 15.4 Å². The smallest absolute Gasteiger partial charge is 0.277 e. The van der Waals surface area contributed by atoms with Gasteiger partial charge in [0.2, 0.25) is 0 Å². The van der Waals surface area contributed by atoms with E-state index in [-0.39, 0.29) is 16.6 Å². The van der Waals surface area contributed by atoms with Gasteiger partial charge in [-0.25, -0.2) is 0 Å². The van der Waals surface area contributed by atoms with E-state index in [2.05, 4.69) is 16.0 Å². The Kier molecular flexibility index (Phi) is 8.68. The molecule has 0 aliphatic rings.